The van der Waals surface area contributed by atoms with Crippen molar-refractivity contribution in [2.45, 2.75) is 31.8 Å². The molecule has 2 aromatic rings. The number of ether oxygens (including phenoxy) is 2. The second kappa shape index (κ2) is 4.92. The Hall–Kier alpha value is -1.74. The summed E-state index contributed by atoms with van der Waals surface area (Å²) in [4.78, 5) is 2.63. The molecule has 21 heavy (non-hydrogen) atoms. The van der Waals surface area contributed by atoms with Gasteiger partial charge in [-0.2, -0.15) is 0 Å². The molecule has 4 rings (SSSR count). The van der Waals surface area contributed by atoms with Gasteiger partial charge in [-0.25, -0.2) is 0 Å². The van der Waals surface area contributed by atoms with Crippen molar-refractivity contribution in [3.63, 3.8) is 0 Å². The number of methoxy groups -OCH3 is 2. The molecule has 1 atom stereocenters. The van der Waals surface area contributed by atoms with Gasteiger partial charge in [-0.15, -0.1) is 0 Å². The monoisotopic (exact) mass is 283 g/mol. The molecule has 0 aromatic heterocycles. The van der Waals surface area contributed by atoms with Crippen LogP contribution in [-0.4, -0.2) is 31.7 Å². The van der Waals surface area contributed by atoms with Crippen LogP contribution >= 0.6 is 0 Å². The molecule has 0 aliphatic carbocycles. The average molecular weight is 283 g/mol. The zero-order valence-electron chi connectivity index (χ0n) is 12.7. The van der Waals surface area contributed by atoms with Crippen LogP contribution in [-0.2, 0) is 13.0 Å². The third kappa shape index (κ3) is 1.99. The lowest BCUT2D eigenvalue weighted by Crippen LogP contribution is -2.35. The maximum atomic E-state index is 5.49. The van der Waals surface area contributed by atoms with Crippen LogP contribution in [0.3, 0.4) is 0 Å². The van der Waals surface area contributed by atoms with Gasteiger partial charge in [0.25, 0.3) is 0 Å². The lowest BCUT2D eigenvalue weighted by atomic mass is 9.89. The molecule has 1 fully saturated rings. The van der Waals surface area contributed by atoms with E-state index >= 15 is 0 Å². The molecular weight excluding hydrogens is 262 g/mol. The Morgan fingerprint density at radius 1 is 1.10 bits per heavy atom. The van der Waals surface area contributed by atoms with E-state index in [-0.39, 0.29) is 0 Å². The molecule has 0 unspecified atom stereocenters. The Morgan fingerprint density at radius 3 is 2.71 bits per heavy atom. The van der Waals surface area contributed by atoms with Crippen LogP contribution in [0.5, 0.6) is 11.5 Å². The summed E-state index contributed by atoms with van der Waals surface area (Å²) in [5.41, 5.74) is 2.99. The minimum absolute atomic E-state index is 0.733. The normalized spacial score (nSPS) is 21.1. The minimum atomic E-state index is 0.733. The summed E-state index contributed by atoms with van der Waals surface area (Å²) in [6.07, 6.45) is 3.85. The van der Waals surface area contributed by atoms with Gasteiger partial charge in [0.2, 0.25) is 0 Å². The molecule has 2 aliphatic rings. The standard InChI is InChI=1S/C18H21NO2/c1-20-17-8-12-5-6-13-11-19-7-3-4-14(19)9-15(13)16(12)10-18(17)21-2/h5-6,8,10,14H,3-4,7,9,11H2,1-2H3/t14-/m0/s1. The number of fused-ring (bicyclic) bond motifs is 4. The van der Waals surface area contributed by atoms with Crippen molar-refractivity contribution in [3.8, 4) is 11.5 Å². The molecule has 0 bridgehead atoms. The summed E-state index contributed by atoms with van der Waals surface area (Å²) in [5, 5.41) is 2.58. The molecule has 0 N–H and O–H groups in total. The summed E-state index contributed by atoms with van der Waals surface area (Å²) in [6, 6.07) is 9.48. The van der Waals surface area contributed by atoms with Gasteiger partial charge in [-0.1, -0.05) is 12.1 Å². The summed E-state index contributed by atoms with van der Waals surface area (Å²) in [7, 11) is 3.40. The quantitative estimate of drug-likeness (QED) is 0.843. The van der Waals surface area contributed by atoms with Gasteiger partial charge in [0.05, 0.1) is 14.2 Å². The summed E-state index contributed by atoms with van der Waals surface area (Å²) in [6.45, 7) is 2.36. The Labute approximate surface area is 125 Å². The van der Waals surface area contributed by atoms with Crippen LogP contribution in [0, 0.1) is 0 Å². The SMILES string of the molecule is COc1cc2ccc3c(c2cc1OC)C[C@@H]1CCCN1C3. The lowest BCUT2D eigenvalue weighted by Gasteiger charge is -2.32. The molecule has 0 amide bonds. The Kier molecular flexibility index (Phi) is 3.03. The summed E-state index contributed by atoms with van der Waals surface area (Å²) < 4.78 is 10.9. The smallest absolute Gasteiger partial charge is 0.161 e. The van der Waals surface area contributed by atoms with Crippen molar-refractivity contribution in [1.29, 1.82) is 0 Å². The maximum absolute atomic E-state index is 5.49. The number of hydrogen-bond donors (Lipinski definition) is 0. The van der Waals surface area contributed by atoms with Gasteiger partial charge in [0, 0.05) is 12.6 Å². The molecule has 1 saturated heterocycles. The van der Waals surface area contributed by atoms with Crippen molar-refractivity contribution in [2.24, 2.45) is 0 Å². The fourth-order valence-electron chi connectivity index (χ4n) is 3.94. The molecule has 2 aromatic carbocycles. The van der Waals surface area contributed by atoms with Crippen molar-refractivity contribution in [2.75, 3.05) is 20.8 Å². The molecule has 0 radical (unpaired) electrons. The molecule has 2 heterocycles. The number of hydrogen-bond acceptors (Lipinski definition) is 3. The third-order valence-electron chi connectivity index (χ3n) is 5.04. The first-order valence-electron chi connectivity index (χ1n) is 7.70. The third-order valence-corrected chi connectivity index (χ3v) is 5.04. The van der Waals surface area contributed by atoms with Gasteiger partial charge in [0.1, 0.15) is 0 Å². The van der Waals surface area contributed by atoms with E-state index in [4.69, 9.17) is 9.47 Å². The highest BCUT2D eigenvalue weighted by Gasteiger charge is 2.30. The lowest BCUT2D eigenvalue weighted by molar-refractivity contribution is 0.228. The van der Waals surface area contributed by atoms with Crippen LogP contribution < -0.4 is 9.47 Å². The van der Waals surface area contributed by atoms with Gasteiger partial charge in [-0.05, 0) is 59.8 Å². The van der Waals surface area contributed by atoms with Crippen molar-refractivity contribution >= 4 is 10.8 Å². The van der Waals surface area contributed by atoms with Crippen LogP contribution in [0.1, 0.15) is 24.0 Å². The van der Waals surface area contributed by atoms with E-state index in [0.29, 0.717) is 0 Å². The second-order valence-corrected chi connectivity index (χ2v) is 6.10. The Bertz CT molecular complexity index is 695. The van der Waals surface area contributed by atoms with E-state index in [2.05, 4.69) is 29.2 Å². The highest BCUT2D eigenvalue weighted by atomic mass is 16.5. The van der Waals surface area contributed by atoms with Crippen molar-refractivity contribution in [3.05, 3.63) is 35.4 Å². The predicted octanol–water partition coefficient (Wildman–Crippen LogP) is 3.38. The van der Waals surface area contributed by atoms with Gasteiger partial charge in [0.15, 0.2) is 11.5 Å². The Balaban J connectivity index is 1.89. The van der Waals surface area contributed by atoms with Crippen LogP contribution in [0.2, 0.25) is 0 Å². The zero-order chi connectivity index (χ0) is 14.4. The number of benzene rings is 2. The highest BCUT2D eigenvalue weighted by molar-refractivity contribution is 5.90. The van der Waals surface area contributed by atoms with Crippen LogP contribution in [0.15, 0.2) is 24.3 Å². The molecule has 2 aliphatic heterocycles. The number of nitrogens with zero attached hydrogens (tertiary/aromatic N) is 1. The largest absolute Gasteiger partial charge is 0.493 e. The average Bonchev–Trinajstić information content (AvgIpc) is 2.98. The highest BCUT2D eigenvalue weighted by Crippen LogP contribution is 2.38. The zero-order valence-corrected chi connectivity index (χ0v) is 12.7. The van der Waals surface area contributed by atoms with Crippen molar-refractivity contribution in [1.82, 2.24) is 4.90 Å². The molecular formula is C18H21NO2. The first-order chi connectivity index (χ1) is 10.3. The molecule has 0 spiro atoms. The predicted molar refractivity (Wildman–Crippen MR) is 84.2 cm³/mol. The van der Waals surface area contributed by atoms with Gasteiger partial charge in [-0.3, -0.25) is 4.90 Å². The van der Waals surface area contributed by atoms with E-state index in [1.165, 1.54) is 47.7 Å². The first kappa shape index (κ1) is 13.0. The Morgan fingerprint density at radius 2 is 1.90 bits per heavy atom. The van der Waals surface area contributed by atoms with E-state index in [1.807, 2.05) is 0 Å². The van der Waals surface area contributed by atoms with E-state index < -0.39 is 0 Å². The van der Waals surface area contributed by atoms with Crippen LogP contribution in [0.25, 0.3) is 10.8 Å². The van der Waals surface area contributed by atoms with E-state index in [1.54, 1.807) is 14.2 Å². The number of rotatable bonds is 2. The minimum Gasteiger partial charge on any atom is -0.493 e. The molecule has 3 nitrogen and oxygen atoms in total. The van der Waals surface area contributed by atoms with E-state index in [9.17, 15) is 0 Å². The molecule has 0 saturated carbocycles. The fourth-order valence-corrected chi connectivity index (χ4v) is 3.94. The van der Waals surface area contributed by atoms with Crippen LogP contribution in [0.4, 0.5) is 0 Å². The second-order valence-electron chi connectivity index (χ2n) is 6.10. The molecule has 3 heteroatoms. The maximum Gasteiger partial charge on any atom is 0.161 e. The van der Waals surface area contributed by atoms with Gasteiger partial charge < -0.3 is 9.47 Å². The van der Waals surface area contributed by atoms with E-state index in [0.717, 1.165) is 24.1 Å². The summed E-state index contributed by atoms with van der Waals surface area (Å²) >= 11 is 0. The topological polar surface area (TPSA) is 21.7 Å². The van der Waals surface area contributed by atoms with Gasteiger partial charge >= 0.3 is 0 Å². The molecule has 110 valence electrons. The first-order valence-corrected chi connectivity index (χ1v) is 7.70. The fraction of sp³-hybridized carbons (Fsp3) is 0.444. The summed E-state index contributed by atoms with van der Waals surface area (Å²) in [5.74, 6) is 1.63. The van der Waals surface area contributed by atoms with Crippen molar-refractivity contribution < 1.29 is 9.47 Å².